The first-order chi connectivity index (χ1) is 12.1. The highest BCUT2D eigenvalue weighted by Crippen LogP contribution is 2.30. The Bertz CT molecular complexity index is 743. The predicted octanol–water partition coefficient (Wildman–Crippen LogP) is 3.23. The largest absolute Gasteiger partial charge is 0.349 e. The maximum absolute atomic E-state index is 12.3. The number of nitrogens with zero attached hydrogens (tertiary/aromatic N) is 1. The smallest absolute Gasteiger partial charge is 0.222 e. The quantitative estimate of drug-likeness (QED) is 0.880. The van der Waals surface area contributed by atoms with Gasteiger partial charge in [-0.25, -0.2) is 0 Å². The van der Waals surface area contributed by atoms with Crippen molar-refractivity contribution in [3.63, 3.8) is 0 Å². The van der Waals surface area contributed by atoms with Crippen LogP contribution in [-0.2, 0) is 22.6 Å². The van der Waals surface area contributed by atoms with E-state index in [1.165, 1.54) is 11.1 Å². The Morgan fingerprint density at radius 3 is 2.56 bits per heavy atom. The molecule has 1 N–H and O–H groups in total. The molecular formula is C21H24N2O2. The number of hydrogen-bond donors (Lipinski definition) is 1. The third kappa shape index (κ3) is 4.47. The number of hydrogen-bond acceptors (Lipinski definition) is 2. The van der Waals surface area contributed by atoms with E-state index in [9.17, 15) is 9.59 Å². The van der Waals surface area contributed by atoms with Crippen molar-refractivity contribution in [2.75, 3.05) is 6.54 Å². The first-order valence-corrected chi connectivity index (χ1v) is 8.80. The van der Waals surface area contributed by atoms with Crippen LogP contribution in [0, 0.1) is 0 Å². The van der Waals surface area contributed by atoms with Crippen molar-refractivity contribution >= 4 is 11.8 Å². The molecule has 0 radical (unpaired) electrons. The van der Waals surface area contributed by atoms with Crippen molar-refractivity contribution in [1.82, 2.24) is 10.2 Å². The van der Waals surface area contributed by atoms with Gasteiger partial charge in [-0.05, 0) is 29.5 Å². The van der Waals surface area contributed by atoms with Crippen LogP contribution in [0.5, 0.6) is 0 Å². The van der Waals surface area contributed by atoms with E-state index < -0.39 is 0 Å². The summed E-state index contributed by atoms with van der Waals surface area (Å²) in [6.45, 7) is 2.52. The molecular weight excluding hydrogens is 312 g/mol. The zero-order chi connectivity index (χ0) is 17.6. The van der Waals surface area contributed by atoms with Crippen LogP contribution in [0.15, 0.2) is 54.6 Å². The van der Waals surface area contributed by atoms with Gasteiger partial charge < -0.3 is 10.2 Å². The zero-order valence-corrected chi connectivity index (χ0v) is 14.6. The van der Waals surface area contributed by atoms with Crippen LogP contribution in [0.3, 0.4) is 0 Å². The van der Waals surface area contributed by atoms with Gasteiger partial charge in [0.25, 0.3) is 0 Å². The molecule has 130 valence electrons. The number of amides is 2. The monoisotopic (exact) mass is 336 g/mol. The van der Waals surface area contributed by atoms with Gasteiger partial charge in [-0.2, -0.15) is 0 Å². The molecule has 0 spiro atoms. The maximum atomic E-state index is 12.3. The third-order valence-electron chi connectivity index (χ3n) is 4.74. The minimum Gasteiger partial charge on any atom is -0.349 e. The van der Waals surface area contributed by atoms with Crippen molar-refractivity contribution in [2.24, 2.45) is 0 Å². The molecule has 0 saturated heterocycles. The summed E-state index contributed by atoms with van der Waals surface area (Å²) in [5, 5.41) is 3.12. The lowest BCUT2D eigenvalue weighted by Crippen LogP contribution is -2.34. The van der Waals surface area contributed by atoms with Crippen molar-refractivity contribution in [3.8, 4) is 0 Å². The highest BCUT2D eigenvalue weighted by Gasteiger charge is 2.23. The number of carbonyl (C=O) groups is 2. The lowest BCUT2D eigenvalue weighted by atomic mass is 10.1. The summed E-state index contributed by atoms with van der Waals surface area (Å²) in [7, 11) is 0. The van der Waals surface area contributed by atoms with Gasteiger partial charge in [0.2, 0.25) is 11.8 Å². The van der Waals surface area contributed by atoms with E-state index in [0.717, 1.165) is 18.4 Å². The molecule has 0 saturated carbocycles. The molecule has 4 heteroatoms. The van der Waals surface area contributed by atoms with Gasteiger partial charge in [0, 0.05) is 26.4 Å². The molecule has 1 aliphatic rings. The van der Waals surface area contributed by atoms with Crippen LogP contribution in [-0.4, -0.2) is 23.3 Å². The van der Waals surface area contributed by atoms with Crippen molar-refractivity contribution in [3.05, 3.63) is 71.3 Å². The Labute approximate surface area is 148 Å². The number of rotatable bonds is 6. The topological polar surface area (TPSA) is 49.4 Å². The lowest BCUT2D eigenvalue weighted by Gasteiger charge is -2.22. The molecule has 0 bridgehead atoms. The SMILES string of the molecule is CC(=O)N(CCC(=O)N[C@@H]1CCc2ccccc21)Cc1ccccc1. The molecule has 2 amide bonds. The summed E-state index contributed by atoms with van der Waals surface area (Å²) >= 11 is 0. The Morgan fingerprint density at radius 2 is 1.80 bits per heavy atom. The van der Waals surface area contributed by atoms with E-state index in [1.54, 1.807) is 11.8 Å². The van der Waals surface area contributed by atoms with Gasteiger partial charge in [0.05, 0.1) is 6.04 Å². The fourth-order valence-electron chi connectivity index (χ4n) is 3.36. The van der Waals surface area contributed by atoms with Gasteiger partial charge in [-0.1, -0.05) is 54.6 Å². The molecule has 1 aliphatic carbocycles. The van der Waals surface area contributed by atoms with Crippen molar-refractivity contribution in [2.45, 2.75) is 38.8 Å². The Kier molecular flexibility index (Phi) is 5.49. The number of aryl methyl sites for hydroxylation is 1. The molecule has 2 aromatic carbocycles. The number of benzene rings is 2. The van der Waals surface area contributed by atoms with Crippen LogP contribution in [0.2, 0.25) is 0 Å². The summed E-state index contributed by atoms with van der Waals surface area (Å²) in [6, 6.07) is 18.2. The van der Waals surface area contributed by atoms with Crippen molar-refractivity contribution in [1.29, 1.82) is 0 Å². The van der Waals surface area contributed by atoms with Crippen molar-refractivity contribution < 1.29 is 9.59 Å². The second-order valence-corrected chi connectivity index (χ2v) is 6.53. The molecule has 2 aromatic rings. The average molecular weight is 336 g/mol. The van der Waals surface area contributed by atoms with Crippen LogP contribution in [0.25, 0.3) is 0 Å². The van der Waals surface area contributed by atoms with Crippen LogP contribution < -0.4 is 5.32 Å². The fourth-order valence-corrected chi connectivity index (χ4v) is 3.36. The highest BCUT2D eigenvalue weighted by molar-refractivity contribution is 5.78. The fraction of sp³-hybridized carbons (Fsp3) is 0.333. The summed E-state index contributed by atoms with van der Waals surface area (Å²) in [5.41, 5.74) is 3.62. The molecule has 0 fully saturated rings. The molecule has 0 aliphatic heterocycles. The first-order valence-electron chi connectivity index (χ1n) is 8.80. The Hall–Kier alpha value is -2.62. The molecule has 1 atom stereocenters. The summed E-state index contributed by atoms with van der Waals surface area (Å²) in [4.78, 5) is 25.9. The second kappa shape index (κ2) is 7.97. The summed E-state index contributed by atoms with van der Waals surface area (Å²) < 4.78 is 0. The minimum atomic E-state index is -0.0112. The van der Waals surface area contributed by atoms with Crippen LogP contribution in [0.4, 0.5) is 0 Å². The first kappa shape index (κ1) is 17.2. The molecule has 0 aromatic heterocycles. The van der Waals surface area contributed by atoms with E-state index in [4.69, 9.17) is 0 Å². The highest BCUT2D eigenvalue weighted by atomic mass is 16.2. The maximum Gasteiger partial charge on any atom is 0.222 e. The number of nitrogens with one attached hydrogen (secondary N) is 1. The third-order valence-corrected chi connectivity index (χ3v) is 4.74. The summed E-state index contributed by atoms with van der Waals surface area (Å²) in [6.07, 6.45) is 2.28. The molecule has 0 unspecified atom stereocenters. The molecule has 25 heavy (non-hydrogen) atoms. The van der Waals surface area contributed by atoms with E-state index in [-0.39, 0.29) is 17.9 Å². The van der Waals surface area contributed by atoms with Gasteiger partial charge in [0.1, 0.15) is 0 Å². The number of fused-ring (bicyclic) bond motifs is 1. The van der Waals surface area contributed by atoms with E-state index in [0.29, 0.717) is 19.5 Å². The Balaban J connectivity index is 1.53. The van der Waals surface area contributed by atoms with Gasteiger partial charge in [0.15, 0.2) is 0 Å². The zero-order valence-electron chi connectivity index (χ0n) is 14.6. The van der Waals surface area contributed by atoms with E-state index in [2.05, 4.69) is 17.4 Å². The van der Waals surface area contributed by atoms with E-state index in [1.807, 2.05) is 42.5 Å². The van der Waals surface area contributed by atoms with E-state index >= 15 is 0 Å². The average Bonchev–Trinajstić information content (AvgIpc) is 3.02. The molecule has 0 heterocycles. The van der Waals surface area contributed by atoms with Gasteiger partial charge in [-0.3, -0.25) is 9.59 Å². The Morgan fingerprint density at radius 1 is 1.08 bits per heavy atom. The minimum absolute atomic E-state index is 0.000940. The lowest BCUT2D eigenvalue weighted by molar-refractivity contribution is -0.130. The second-order valence-electron chi connectivity index (χ2n) is 6.53. The molecule has 3 rings (SSSR count). The standard InChI is InChI=1S/C21H24N2O2/c1-16(24)23(15-17-7-3-2-4-8-17)14-13-21(25)22-20-12-11-18-9-5-6-10-19(18)20/h2-10,20H,11-15H2,1H3,(H,22,25)/t20-/m1/s1. The van der Waals surface area contributed by atoms with Gasteiger partial charge in [-0.15, -0.1) is 0 Å². The number of carbonyl (C=O) groups excluding carboxylic acids is 2. The summed E-state index contributed by atoms with van der Waals surface area (Å²) in [5.74, 6) is -0.0103. The predicted molar refractivity (Wildman–Crippen MR) is 97.8 cm³/mol. The van der Waals surface area contributed by atoms with Gasteiger partial charge >= 0.3 is 0 Å². The normalized spacial score (nSPS) is 15.5. The van der Waals surface area contributed by atoms with Crippen LogP contribution in [0.1, 0.15) is 42.5 Å². The molecule has 4 nitrogen and oxygen atoms in total. The van der Waals surface area contributed by atoms with Crippen LogP contribution >= 0.6 is 0 Å².